The molecule has 3 aromatic rings. The van der Waals surface area contributed by atoms with Crippen LogP contribution in [0.4, 0.5) is 0 Å². The van der Waals surface area contributed by atoms with Crippen LogP contribution in [0, 0.1) is 0 Å². The lowest BCUT2D eigenvalue weighted by Crippen LogP contribution is -2.33. The predicted octanol–water partition coefficient (Wildman–Crippen LogP) is 3.43. The van der Waals surface area contributed by atoms with E-state index in [0.29, 0.717) is 29.0 Å². The third-order valence-corrected chi connectivity index (χ3v) is 6.17. The average Bonchev–Trinajstić information content (AvgIpc) is 3.45. The van der Waals surface area contributed by atoms with E-state index in [1.165, 1.54) is 17.3 Å². The second-order valence-corrected chi connectivity index (χ2v) is 8.19. The number of hydrogen-bond acceptors (Lipinski definition) is 6. The molecular formula is C22H24N4O3S. The lowest BCUT2D eigenvalue weighted by molar-refractivity contribution is -0.118. The van der Waals surface area contributed by atoms with Crippen molar-refractivity contribution in [3.05, 3.63) is 54.1 Å². The standard InChI is InChI=1S/C22H24N4O3S/c1-28-16-8-9-17(18(12-16)29-2)20-24-21(26-25-20)30-13-19(27)23-14-22(10-11-22)15-6-4-3-5-7-15/h3-9,12H,10-11,13-14H2,1-2H3,(H,23,27)(H,24,25,26). The Morgan fingerprint density at radius 3 is 2.67 bits per heavy atom. The van der Waals surface area contributed by atoms with Crippen LogP contribution < -0.4 is 14.8 Å². The molecule has 0 unspecified atom stereocenters. The Morgan fingerprint density at radius 2 is 1.97 bits per heavy atom. The summed E-state index contributed by atoms with van der Waals surface area (Å²) in [6.07, 6.45) is 2.22. The molecule has 0 atom stereocenters. The fraction of sp³-hybridized carbons (Fsp3) is 0.318. The highest BCUT2D eigenvalue weighted by atomic mass is 32.2. The van der Waals surface area contributed by atoms with Gasteiger partial charge in [0.2, 0.25) is 11.1 Å². The van der Waals surface area contributed by atoms with Crippen LogP contribution in [0.3, 0.4) is 0 Å². The maximum Gasteiger partial charge on any atom is 0.230 e. The van der Waals surface area contributed by atoms with E-state index in [0.717, 1.165) is 18.4 Å². The average molecular weight is 425 g/mol. The molecule has 0 radical (unpaired) electrons. The molecular weight excluding hydrogens is 400 g/mol. The van der Waals surface area contributed by atoms with Gasteiger partial charge in [-0.25, -0.2) is 4.98 Å². The van der Waals surface area contributed by atoms with Crippen LogP contribution in [0.15, 0.2) is 53.7 Å². The number of thioether (sulfide) groups is 1. The maximum atomic E-state index is 12.3. The minimum Gasteiger partial charge on any atom is -0.497 e. The first kappa shape index (κ1) is 20.3. The summed E-state index contributed by atoms with van der Waals surface area (Å²) >= 11 is 1.30. The summed E-state index contributed by atoms with van der Waals surface area (Å²) < 4.78 is 10.6. The lowest BCUT2D eigenvalue weighted by Gasteiger charge is -2.16. The maximum absolute atomic E-state index is 12.3. The van der Waals surface area contributed by atoms with Gasteiger partial charge in [-0.05, 0) is 30.5 Å². The number of nitrogens with zero attached hydrogens (tertiary/aromatic N) is 2. The van der Waals surface area contributed by atoms with E-state index in [2.05, 4.69) is 32.6 Å². The van der Waals surface area contributed by atoms with Crippen LogP contribution in [0.1, 0.15) is 18.4 Å². The van der Waals surface area contributed by atoms with Crippen molar-refractivity contribution in [1.29, 1.82) is 0 Å². The zero-order valence-corrected chi connectivity index (χ0v) is 17.8. The van der Waals surface area contributed by atoms with Crippen molar-refractivity contribution in [2.45, 2.75) is 23.4 Å². The normalized spacial score (nSPS) is 14.2. The van der Waals surface area contributed by atoms with E-state index >= 15 is 0 Å². The molecule has 0 spiro atoms. The summed E-state index contributed by atoms with van der Waals surface area (Å²) in [4.78, 5) is 16.8. The van der Waals surface area contributed by atoms with Gasteiger partial charge in [0.05, 0.1) is 25.5 Å². The Balaban J connectivity index is 1.32. The number of methoxy groups -OCH3 is 2. The van der Waals surface area contributed by atoms with E-state index in [9.17, 15) is 4.79 Å². The molecule has 0 saturated heterocycles. The number of carbonyl (C=O) groups excluding carboxylic acids is 1. The molecule has 1 heterocycles. The van der Waals surface area contributed by atoms with E-state index in [-0.39, 0.29) is 17.1 Å². The van der Waals surface area contributed by atoms with Crippen LogP contribution in [0.25, 0.3) is 11.4 Å². The molecule has 1 aromatic heterocycles. The van der Waals surface area contributed by atoms with Crippen molar-refractivity contribution in [2.24, 2.45) is 0 Å². The van der Waals surface area contributed by atoms with Crippen LogP contribution in [-0.2, 0) is 10.2 Å². The molecule has 30 heavy (non-hydrogen) atoms. The monoisotopic (exact) mass is 424 g/mol. The molecule has 2 N–H and O–H groups in total. The number of aromatic amines is 1. The van der Waals surface area contributed by atoms with Gasteiger partial charge >= 0.3 is 0 Å². The number of benzene rings is 2. The number of ether oxygens (including phenoxy) is 2. The molecule has 1 saturated carbocycles. The van der Waals surface area contributed by atoms with Gasteiger partial charge in [-0.3, -0.25) is 9.89 Å². The SMILES string of the molecule is COc1ccc(-c2nc(SCC(=O)NCC3(c4ccccc4)CC3)n[nH]2)c(OC)c1. The van der Waals surface area contributed by atoms with Crippen LogP contribution in [0.2, 0.25) is 0 Å². The highest BCUT2D eigenvalue weighted by Crippen LogP contribution is 2.47. The Morgan fingerprint density at radius 1 is 1.17 bits per heavy atom. The Hall–Kier alpha value is -3.00. The summed E-state index contributed by atoms with van der Waals surface area (Å²) in [5.41, 5.74) is 2.18. The Bertz CT molecular complexity index is 1020. The third-order valence-electron chi connectivity index (χ3n) is 5.32. The van der Waals surface area contributed by atoms with E-state index in [1.807, 2.05) is 30.3 Å². The smallest absolute Gasteiger partial charge is 0.230 e. The molecule has 4 rings (SSSR count). The minimum absolute atomic E-state index is 0.0180. The first-order chi connectivity index (χ1) is 14.6. The summed E-state index contributed by atoms with van der Waals surface area (Å²) in [6, 6.07) is 15.9. The van der Waals surface area contributed by atoms with E-state index in [1.54, 1.807) is 20.3 Å². The predicted molar refractivity (Wildman–Crippen MR) is 116 cm³/mol. The van der Waals surface area contributed by atoms with Crippen molar-refractivity contribution in [2.75, 3.05) is 26.5 Å². The summed E-state index contributed by atoms with van der Waals surface area (Å²) in [7, 11) is 3.20. The quantitative estimate of drug-likeness (QED) is 0.512. The van der Waals surface area contributed by atoms with Crippen molar-refractivity contribution < 1.29 is 14.3 Å². The van der Waals surface area contributed by atoms with Gasteiger partial charge in [-0.1, -0.05) is 42.1 Å². The topological polar surface area (TPSA) is 89.1 Å². The summed E-state index contributed by atoms with van der Waals surface area (Å²) in [5.74, 6) is 2.16. The number of hydrogen-bond donors (Lipinski definition) is 2. The van der Waals surface area contributed by atoms with Crippen molar-refractivity contribution >= 4 is 17.7 Å². The number of aromatic nitrogens is 3. The van der Waals surface area contributed by atoms with Crippen LogP contribution >= 0.6 is 11.8 Å². The largest absolute Gasteiger partial charge is 0.497 e. The second kappa shape index (κ2) is 8.79. The number of amides is 1. The number of nitrogens with one attached hydrogen (secondary N) is 2. The molecule has 1 aliphatic carbocycles. The number of rotatable bonds is 9. The van der Waals surface area contributed by atoms with Gasteiger partial charge < -0.3 is 14.8 Å². The van der Waals surface area contributed by atoms with Crippen molar-refractivity contribution in [3.8, 4) is 22.9 Å². The molecule has 1 aliphatic rings. The highest BCUT2D eigenvalue weighted by Gasteiger charge is 2.44. The zero-order valence-electron chi connectivity index (χ0n) is 17.0. The van der Waals surface area contributed by atoms with Crippen LogP contribution in [0.5, 0.6) is 11.5 Å². The van der Waals surface area contributed by atoms with Gasteiger partial charge in [0, 0.05) is 18.0 Å². The molecule has 1 fully saturated rings. The molecule has 8 heteroatoms. The molecule has 0 bridgehead atoms. The zero-order chi connectivity index (χ0) is 21.0. The summed E-state index contributed by atoms with van der Waals surface area (Å²) in [6.45, 7) is 0.665. The fourth-order valence-corrected chi connectivity index (χ4v) is 4.01. The van der Waals surface area contributed by atoms with Crippen molar-refractivity contribution in [3.63, 3.8) is 0 Å². The number of H-pyrrole nitrogens is 1. The van der Waals surface area contributed by atoms with Crippen LogP contribution in [-0.4, -0.2) is 47.6 Å². The molecule has 0 aliphatic heterocycles. The fourth-order valence-electron chi connectivity index (χ4n) is 3.38. The molecule has 7 nitrogen and oxygen atoms in total. The number of carbonyl (C=O) groups is 1. The minimum atomic E-state index is -0.0180. The van der Waals surface area contributed by atoms with Gasteiger partial charge in [0.25, 0.3) is 0 Å². The van der Waals surface area contributed by atoms with Gasteiger partial charge in [0.15, 0.2) is 5.82 Å². The van der Waals surface area contributed by atoms with E-state index in [4.69, 9.17) is 9.47 Å². The second-order valence-electron chi connectivity index (χ2n) is 7.24. The summed E-state index contributed by atoms with van der Waals surface area (Å²) in [5, 5.41) is 10.7. The first-order valence-electron chi connectivity index (χ1n) is 9.73. The third kappa shape index (κ3) is 4.43. The molecule has 156 valence electrons. The molecule has 2 aromatic carbocycles. The molecule has 1 amide bonds. The van der Waals surface area contributed by atoms with Gasteiger partial charge in [-0.2, -0.15) is 0 Å². The van der Waals surface area contributed by atoms with Crippen molar-refractivity contribution in [1.82, 2.24) is 20.5 Å². The lowest BCUT2D eigenvalue weighted by atomic mass is 9.96. The van der Waals surface area contributed by atoms with Gasteiger partial charge in [-0.15, -0.1) is 5.10 Å². The van der Waals surface area contributed by atoms with Gasteiger partial charge in [0.1, 0.15) is 11.5 Å². The Kier molecular flexibility index (Phi) is 5.94. The van der Waals surface area contributed by atoms with E-state index < -0.39 is 0 Å². The Labute approximate surface area is 179 Å². The first-order valence-corrected chi connectivity index (χ1v) is 10.7. The highest BCUT2D eigenvalue weighted by molar-refractivity contribution is 7.99.